The van der Waals surface area contributed by atoms with E-state index in [4.69, 9.17) is 0 Å². The van der Waals surface area contributed by atoms with E-state index in [1.165, 1.54) is 16.0 Å². The lowest BCUT2D eigenvalue weighted by molar-refractivity contribution is -0.134. The van der Waals surface area contributed by atoms with Crippen LogP contribution in [0.25, 0.3) is 0 Å². The van der Waals surface area contributed by atoms with Crippen LogP contribution in [-0.2, 0) is 17.6 Å². The van der Waals surface area contributed by atoms with Crippen molar-refractivity contribution in [3.05, 3.63) is 57.8 Å². The van der Waals surface area contributed by atoms with Crippen LogP contribution in [0.1, 0.15) is 35.4 Å². The molecule has 0 aliphatic carbocycles. The molecule has 3 nitrogen and oxygen atoms in total. The van der Waals surface area contributed by atoms with Crippen molar-refractivity contribution in [3.8, 4) is 0 Å². The Morgan fingerprint density at radius 3 is 2.83 bits per heavy atom. The number of aryl methyl sites for hydroxylation is 2. The predicted octanol–water partition coefficient (Wildman–Crippen LogP) is 3.42. The number of thiophene rings is 1. The number of carbonyl (C=O) groups is 1. The van der Waals surface area contributed by atoms with Crippen LogP contribution in [0, 0.1) is 0 Å². The van der Waals surface area contributed by atoms with Gasteiger partial charge < -0.3 is 10.2 Å². The molecule has 1 aromatic heterocycles. The van der Waals surface area contributed by atoms with E-state index >= 15 is 0 Å². The Kier molecular flexibility index (Phi) is 5.47. The molecule has 0 saturated carbocycles. The molecular weight excluding hydrogens is 304 g/mol. The highest BCUT2D eigenvalue weighted by Crippen LogP contribution is 2.24. The van der Waals surface area contributed by atoms with E-state index in [1.807, 2.05) is 6.07 Å². The van der Waals surface area contributed by atoms with Crippen molar-refractivity contribution >= 4 is 17.2 Å². The molecule has 1 N–H and O–H groups in total. The van der Waals surface area contributed by atoms with Gasteiger partial charge in [-0.25, -0.2) is 0 Å². The zero-order valence-electron chi connectivity index (χ0n) is 13.6. The largest absolute Gasteiger partial charge is 0.333 e. The lowest BCUT2D eigenvalue weighted by Crippen LogP contribution is -2.48. The van der Waals surface area contributed by atoms with E-state index in [9.17, 15) is 4.79 Å². The minimum Gasteiger partial charge on any atom is -0.333 e. The van der Waals surface area contributed by atoms with E-state index in [1.54, 1.807) is 11.3 Å². The number of hydrogen-bond donors (Lipinski definition) is 1. The van der Waals surface area contributed by atoms with Crippen molar-refractivity contribution in [2.24, 2.45) is 0 Å². The van der Waals surface area contributed by atoms with Crippen molar-refractivity contribution < 1.29 is 4.79 Å². The zero-order chi connectivity index (χ0) is 16.1. The number of carbonyl (C=O) groups excluding carboxylic acids is 1. The molecule has 0 radical (unpaired) electrons. The van der Waals surface area contributed by atoms with E-state index < -0.39 is 0 Å². The third-order valence-electron chi connectivity index (χ3n) is 4.50. The van der Waals surface area contributed by atoms with Gasteiger partial charge in [-0.05, 0) is 35.4 Å². The molecule has 122 valence electrons. The van der Waals surface area contributed by atoms with Crippen LogP contribution in [0.5, 0.6) is 0 Å². The Balaban J connectivity index is 1.68. The van der Waals surface area contributed by atoms with Crippen molar-refractivity contribution in [3.63, 3.8) is 0 Å². The summed E-state index contributed by atoms with van der Waals surface area (Å²) in [7, 11) is 0. The van der Waals surface area contributed by atoms with Gasteiger partial charge in [-0.3, -0.25) is 4.79 Å². The number of nitrogens with zero attached hydrogens (tertiary/aromatic N) is 1. The summed E-state index contributed by atoms with van der Waals surface area (Å²) in [5.74, 6) is 0.268. The molecule has 4 heteroatoms. The van der Waals surface area contributed by atoms with Crippen molar-refractivity contribution in [2.75, 3.05) is 19.6 Å². The number of hydrogen-bond acceptors (Lipinski definition) is 3. The second-order valence-electron chi connectivity index (χ2n) is 5.98. The summed E-state index contributed by atoms with van der Waals surface area (Å²) in [6, 6.07) is 13.0. The molecule has 0 spiro atoms. The number of benzene rings is 1. The Bertz CT molecular complexity index is 621. The lowest BCUT2D eigenvalue weighted by Gasteiger charge is -2.36. The molecule has 1 fully saturated rings. The molecule has 1 aliphatic rings. The van der Waals surface area contributed by atoms with Gasteiger partial charge in [0.05, 0.1) is 6.04 Å². The normalized spacial score (nSPS) is 18.1. The number of amides is 1. The summed E-state index contributed by atoms with van der Waals surface area (Å²) in [5.41, 5.74) is 2.58. The van der Waals surface area contributed by atoms with E-state index in [-0.39, 0.29) is 11.9 Å². The van der Waals surface area contributed by atoms with Crippen LogP contribution >= 0.6 is 11.3 Å². The molecule has 2 aromatic rings. The Morgan fingerprint density at radius 2 is 2.13 bits per heavy atom. The number of rotatable bonds is 5. The van der Waals surface area contributed by atoms with Crippen LogP contribution in [-0.4, -0.2) is 30.4 Å². The highest BCUT2D eigenvalue weighted by Gasteiger charge is 2.27. The van der Waals surface area contributed by atoms with Crippen LogP contribution in [0.2, 0.25) is 0 Å². The van der Waals surface area contributed by atoms with Crippen LogP contribution < -0.4 is 5.32 Å². The summed E-state index contributed by atoms with van der Waals surface area (Å²) < 4.78 is 0. The van der Waals surface area contributed by atoms with Crippen molar-refractivity contribution in [2.45, 2.75) is 32.2 Å². The molecule has 0 bridgehead atoms. The first-order valence-electron chi connectivity index (χ1n) is 8.39. The van der Waals surface area contributed by atoms with E-state index in [0.717, 1.165) is 32.5 Å². The SMILES string of the molecule is CCc1ccc(C2CNCCN2C(=O)CCc2cccs2)cc1. The van der Waals surface area contributed by atoms with Gasteiger partial charge in [0.15, 0.2) is 0 Å². The van der Waals surface area contributed by atoms with Crippen LogP contribution in [0.3, 0.4) is 0 Å². The van der Waals surface area contributed by atoms with Crippen molar-refractivity contribution in [1.82, 2.24) is 10.2 Å². The minimum absolute atomic E-state index is 0.158. The average molecular weight is 328 g/mol. The fourth-order valence-corrected chi connectivity index (χ4v) is 3.81. The van der Waals surface area contributed by atoms with Gasteiger partial charge in [-0.15, -0.1) is 11.3 Å². The molecule has 1 amide bonds. The fraction of sp³-hybridized carbons (Fsp3) is 0.421. The lowest BCUT2D eigenvalue weighted by atomic mass is 10.0. The van der Waals surface area contributed by atoms with Gasteiger partial charge in [0.2, 0.25) is 5.91 Å². The van der Waals surface area contributed by atoms with Gasteiger partial charge in [0, 0.05) is 30.9 Å². The molecule has 2 heterocycles. The van der Waals surface area contributed by atoms with E-state index in [0.29, 0.717) is 6.42 Å². The molecule has 1 saturated heterocycles. The van der Waals surface area contributed by atoms with Gasteiger partial charge in [-0.2, -0.15) is 0 Å². The first kappa shape index (κ1) is 16.2. The standard InChI is InChI=1S/C19H24N2OS/c1-2-15-5-7-16(8-6-15)18-14-20-11-12-21(18)19(22)10-9-17-4-3-13-23-17/h3-8,13,18,20H,2,9-12,14H2,1H3. The predicted molar refractivity (Wildman–Crippen MR) is 95.8 cm³/mol. The maximum atomic E-state index is 12.7. The first-order chi connectivity index (χ1) is 11.3. The van der Waals surface area contributed by atoms with Crippen LogP contribution in [0.4, 0.5) is 0 Å². The number of piperazine rings is 1. The molecule has 1 aromatic carbocycles. The quantitative estimate of drug-likeness (QED) is 0.912. The second kappa shape index (κ2) is 7.75. The van der Waals surface area contributed by atoms with Crippen molar-refractivity contribution in [1.29, 1.82) is 0 Å². The maximum Gasteiger partial charge on any atom is 0.223 e. The second-order valence-corrected chi connectivity index (χ2v) is 7.01. The Hall–Kier alpha value is -1.65. The van der Waals surface area contributed by atoms with Crippen LogP contribution in [0.15, 0.2) is 41.8 Å². The molecule has 23 heavy (non-hydrogen) atoms. The van der Waals surface area contributed by atoms with Gasteiger partial charge in [0.1, 0.15) is 0 Å². The maximum absolute atomic E-state index is 12.7. The average Bonchev–Trinajstić information content (AvgIpc) is 3.13. The third-order valence-corrected chi connectivity index (χ3v) is 5.44. The van der Waals surface area contributed by atoms with Gasteiger partial charge >= 0.3 is 0 Å². The third kappa shape index (κ3) is 4.01. The summed E-state index contributed by atoms with van der Waals surface area (Å²) in [6.45, 7) is 4.69. The smallest absolute Gasteiger partial charge is 0.223 e. The highest BCUT2D eigenvalue weighted by molar-refractivity contribution is 7.09. The Morgan fingerprint density at radius 1 is 1.30 bits per heavy atom. The summed E-state index contributed by atoms with van der Waals surface area (Å²) >= 11 is 1.73. The van der Waals surface area contributed by atoms with Gasteiger partial charge in [0.25, 0.3) is 0 Å². The van der Waals surface area contributed by atoms with Gasteiger partial charge in [-0.1, -0.05) is 37.3 Å². The summed E-state index contributed by atoms with van der Waals surface area (Å²) in [4.78, 5) is 16.1. The summed E-state index contributed by atoms with van der Waals surface area (Å²) in [5, 5.41) is 5.50. The fourth-order valence-electron chi connectivity index (χ4n) is 3.10. The number of nitrogens with one attached hydrogen (secondary N) is 1. The molecule has 1 atom stereocenters. The molecule has 1 aliphatic heterocycles. The molecular formula is C19H24N2OS. The monoisotopic (exact) mass is 328 g/mol. The Labute approximate surface area is 142 Å². The molecule has 3 rings (SSSR count). The molecule has 1 unspecified atom stereocenters. The highest BCUT2D eigenvalue weighted by atomic mass is 32.1. The minimum atomic E-state index is 0.158. The first-order valence-corrected chi connectivity index (χ1v) is 9.27. The topological polar surface area (TPSA) is 32.3 Å². The summed E-state index contributed by atoms with van der Waals surface area (Å²) in [6.07, 6.45) is 2.50. The van der Waals surface area contributed by atoms with E-state index in [2.05, 4.69) is 52.9 Å². The zero-order valence-corrected chi connectivity index (χ0v) is 14.4.